The van der Waals surface area contributed by atoms with Crippen molar-refractivity contribution in [3.8, 4) is 5.88 Å². The monoisotopic (exact) mass is 409 g/mol. The largest absolute Gasteiger partial charge is 0.474 e. The molecule has 1 aromatic heterocycles. The van der Waals surface area contributed by atoms with Gasteiger partial charge in [0.25, 0.3) is 5.91 Å². The molecule has 0 radical (unpaired) electrons. The van der Waals surface area contributed by atoms with Gasteiger partial charge in [0, 0.05) is 17.8 Å². The topological polar surface area (TPSA) is 71.5 Å². The Morgan fingerprint density at radius 1 is 1.20 bits per heavy atom. The van der Waals surface area contributed by atoms with E-state index in [-0.39, 0.29) is 35.5 Å². The quantitative estimate of drug-likeness (QED) is 0.711. The molecule has 1 N–H and O–H groups in total. The summed E-state index contributed by atoms with van der Waals surface area (Å²) in [5, 5.41) is 2.96. The number of nitrogens with one attached hydrogen (secondary N) is 1. The number of pyridine rings is 1. The minimum absolute atomic E-state index is 0.00153. The van der Waals surface area contributed by atoms with Gasteiger partial charge in [-0.1, -0.05) is 44.8 Å². The summed E-state index contributed by atoms with van der Waals surface area (Å²) in [6, 6.07) is 3.38. The summed E-state index contributed by atoms with van der Waals surface area (Å²) in [4.78, 5) is 31.3. The van der Waals surface area contributed by atoms with Crippen LogP contribution < -0.4 is 10.1 Å². The molecule has 5 rings (SSSR count). The van der Waals surface area contributed by atoms with Crippen molar-refractivity contribution >= 4 is 18.0 Å². The number of hydrogen-bond donors (Lipinski definition) is 1. The van der Waals surface area contributed by atoms with Crippen LogP contribution in [0.4, 0.5) is 4.79 Å². The molecular formula is C24H31N3O3. The number of urea groups is 1. The second-order valence-corrected chi connectivity index (χ2v) is 9.76. The smallest absolute Gasteiger partial charge is 0.325 e. The van der Waals surface area contributed by atoms with Crippen molar-refractivity contribution in [3.63, 3.8) is 0 Å². The zero-order valence-electron chi connectivity index (χ0n) is 17.5. The molecule has 6 nitrogen and oxygen atoms in total. The Balaban J connectivity index is 1.12. The van der Waals surface area contributed by atoms with E-state index in [1.54, 1.807) is 12.3 Å². The van der Waals surface area contributed by atoms with E-state index in [4.69, 9.17) is 4.74 Å². The number of amides is 3. The number of carbonyl (C=O) groups is 2. The molecule has 3 saturated carbocycles. The number of carbonyl (C=O) groups excluding carboxylic acids is 2. The molecule has 30 heavy (non-hydrogen) atoms. The predicted molar refractivity (Wildman–Crippen MR) is 114 cm³/mol. The second-order valence-electron chi connectivity index (χ2n) is 9.76. The molecule has 1 unspecified atom stereocenters. The third-order valence-electron chi connectivity index (χ3n) is 7.67. The van der Waals surface area contributed by atoms with Gasteiger partial charge in [-0.15, -0.1) is 0 Å². The number of nitrogens with zero attached hydrogens (tertiary/aromatic N) is 2. The molecule has 4 fully saturated rings. The molecule has 1 aromatic rings. The standard InChI is InChI=1S/C24H31N3O3/c1-2-17-9-6-10-25-21(17)30-19-14-24(15-19)12-18(13-24)27-22(28)20(26-23(27)29)11-16-7-4-3-5-8-16/h2,6,9-10,16,18-20H,1,3-5,7-8,11-15H2,(H,26,29)/t18-,19-,20?,24?. The molecule has 0 aromatic carbocycles. The van der Waals surface area contributed by atoms with Gasteiger partial charge in [-0.25, -0.2) is 9.78 Å². The Hall–Kier alpha value is -2.37. The van der Waals surface area contributed by atoms with Crippen molar-refractivity contribution in [2.24, 2.45) is 11.3 Å². The molecule has 3 aliphatic carbocycles. The van der Waals surface area contributed by atoms with Crippen molar-refractivity contribution in [2.45, 2.75) is 82.4 Å². The highest BCUT2D eigenvalue weighted by Gasteiger charge is 2.58. The van der Waals surface area contributed by atoms with Crippen LogP contribution in [0, 0.1) is 11.3 Å². The molecule has 1 aliphatic heterocycles. The lowest BCUT2D eigenvalue weighted by Gasteiger charge is -2.58. The maximum absolute atomic E-state index is 12.9. The first-order valence-corrected chi connectivity index (χ1v) is 11.4. The first-order valence-electron chi connectivity index (χ1n) is 11.4. The van der Waals surface area contributed by atoms with Crippen LogP contribution >= 0.6 is 0 Å². The lowest BCUT2D eigenvalue weighted by Crippen LogP contribution is -2.60. The van der Waals surface area contributed by atoms with E-state index in [0.29, 0.717) is 11.8 Å². The Morgan fingerprint density at radius 3 is 2.70 bits per heavy atom. The van der Waals surface area contributed by atoms with Crippen LogP contribution in [0.1, 0.15) is 69.8 Å². The summed E-state index contributed by atoms with van der Waals surface area (Å²) in [6.45, 7) is 3.81. The first kappa shape index (κ1) is 19.6. The van der Waals surface area contributed by atoms with Crippen molar-refractivity contribution < 1.29 is 14.3 Å². The van der Waals surface area contributed by atoms with Gasteiger partial charge in [-0.2, -0.15) is 0 Å². The van der Waals surface area contributed by atoms with Crippen LogP contribution in [0.25, 0.3) is 6.08 Å². The highest BCUT2D eigenvalue weighted by atomic mass is 16.5. The van der Waals surface area contributed by atoms with E-state index < -0.39 is 0 Å². The normalized spacial score (nSPS) is 33.7. The van der Waals surface area contributed by atoms with Gasteiger partial charge < -0.3 is 10.1 Å². The molecule has 2 heterocycles. The van der Waals surface area contributed by atoms with E-state index >= 15 is 0 Å². The molecule has 1 saturated heterocycles. The molecular weight excluding hydrogens is 378 g/mol. The zero-order valence-corrected chi connectivity index (χ0v) is 17.5. The van der Waals surface area contributed by atoms with Crippen molar-refractivity contribution in [3.05, 3.63) is 30.5 Å². The van der Waals surface area contributed by atoms with Gasteiger partial charge in [0.1, 0.15) is 12.1 Å². The summed E-state index contributed by atoms with van der Waals surface area (Å²) in [5.74, 6) is 1.22. The molecule has 1 atom stereocenters. The molecule has 0 bridgehead atoms. The van der Waals surface area contributed by atoms with Gasteiger partial charge in [-0.05, 0) is 55.6 Å². The van der Waals surface area contributed by atoms with Crippen molar-refractivity contribution in [2.75, 3.05) is 0 Å². The SMILES string of the molecule is C=Cc1cccnc1O[C@H]1CC2(C1)C[C@H](N1C(=O)NC(CC3CCCCC3)C1=O)C2. The van der Waals surface area contributed by atoms with Gasteiger partial charge >= 0.3 is 6.03 Å². The van der Waals surface area contributed by atoms with Gasteiger partial charge in [0.05, 0.1) is 0 Å². The minimum atomic E-state index is -0.309. The van der Waals surface area contributed by atoms with Gasteiger partial charge in [0.15, 0.2) is 0 Å². The van der Waals surface area contributed by atoms with Crippen LogP contribution in [0.2, 0.25) is 0 Å². The Bertz CT molecular complexity index is 834. The van der Waals surface area contributed by atoms with Gasteiger partial charge in [-0.3, -0.25) is 9.69 Å². The van der Waals surface area contributed by atoms with E-state index in [1.807, 2.05) is 12.1 Å². The first-order chi connectivity index (χ1) is 14.6. The van der Waals surface area contributed by atoms with Crippen LogP contribution in [-0.4, -0.2) is 40.0 Å². The fourth-order valence-corrected chi connectivity index (χ4v) is 6.07. The number of ether oxygens (including phenoxy) is 1. The van der Waals surface area contributed by atoms with Crippen LogP contribution in [0.3, 0.4) is 0 Å². The minimum Gasteiger partial charge on any atom is -0.474 e. The molecule has 1 spiro atoms. The summed E-state index contributed by atoms with van der Waals surface area (Å²) in [6.07, 6.45) is 14.4. The summed E-state index contributed by atoms with van der Waals surface area (Å²) in [5.41, 5.74) is 1.13. The lowest BCUT2D eigenvalue weighted by molar-refractivity contribution is -0.141. The molecule has 160 valence electrons. The fraction of sp³-hybridized carbons (Fsp3) is 0.625. The van der Waals surface area contributed by atoms with Gasteiger partial charge in [0.2, 0.25) is 5.88 Å². The molecule has 4 aliphatic rings. The van der Waals surface area contributed by atoms with E-state index in [2.05, 4.69) is 16.9 Å². The van der Waals surface area contributed by atoms with Crippen LogP contribution in [0.5, 0.6) is 5.88 Å². The average Bonchev–Trinajstić information content (AvgIpc) is 2.97. The third-order valence-corrected chi connectivity index (χ3v) is 7.67. The Kier molecular flexibility index (Phi) is 5.03. The van der Waals surface area contributed by atoms with Crippen molar-refractivity contribution in [1.29, 1.82) is 0 Å². The summed E-state index contributed by atoms with van der Waals surface area (Å²) < 4.78 is 6.07. The molecule has 6 heteroatoms. The van der Waals surface area contributed by atoms with E-state index in [1.165, 1.54) is 37.0 Å². The van der Waals surface area contributed by atoms with E-state index in [0.717, 1.165) is 37.7 Å². The fourth-order valence-electron chi connectivity index (χ4n) is 6.07. The highest BCUT2D eigenvalue weighted by Crippen LogP contribution is 2.58. The maximum Gasteiger partial charge on any atom is 0.325 e. The average molecular weight is 410 g/mol. The van der Waals surface area contributed by atoms with E-state index in [9.17, 15) is 9.59 Å². The number of hydrogen-bond acceptors (Lipinski definition) is 4. The Morgan fingerprint density at radius 2 is 1.97 bits per heavy atom. The third kappa shape index (κ3) is 3.50. The van der Waals surface area contributed by atoms with Crippen molar-refractivity contribution in [1.82, 2.24) is 15.2 Å². The summed E-state index contributed by atoms with van der Waals surface area (Å²) >= 11 is 0. The number of aromatic nitrogens is 1. The molecule has 3 amide bonds. The highest BCUT2D eigenvalue weighted by molar-refractivity contribution is 6.04. The zero-order chi connectivity index (χ0) is 20.7. The second kappa shape index (κ2) is 7.71. The number of rotatable bonds is 6. The maximum atomic E-state index is 12.9. The van der Waals surface area contributed by atoms with Crippen LogP contribution in [0.15, 0.2) is 24.9 Å². The Labute approximate surface area is 178 Å². The lowest BCUT2D eigenvalue weighted by atomic mass is 9.52. The predicted octanol–water partition coefficient (Wildman–Crippen LogP) is 4.31. The van der Waals surface area contributed by atoms with Crippen LogP contribution in [-0.2, 0) is 4.79 Å². The summed E-state index contributed by atoms with van der Waals surface area (Å²) in [7, 11) is 0. The number of imide groups is 1.